The minimum Gasteiger partial charge on any atom is -0.361 e. The molecule has 0 N–H and O–H groups in total. The van der Waals surface area contributed by atoms with E-state index in [1.807, 2.05) is 37.3 Å². The average Bonchev–Trinajstić information content (AvgIpc) is 2.93. The first-order valence-electron chi connectivity index (χ1n) is 5.88. The molecule has 98 valence electrons. The molecule has 3 heterocycles. The summed E-state index contributed by atoms with van der Waals surface area (Å²) < 4.78 is 6.99. The minimum atomic E-state index is 0.700. The maximum Gasteiger partial charge on any atom is 0.197 e. The van der Waals surface area contributed by atoms with Crippen molar-refractivity contribution in [3.63, 3.8) is 0 Å². The van der Waals surface area contributed by atoms with Crippen LogP contribution in [0.1, 0.15) is 23.0 Å². The fourth-order valence-corrected chi connectivity index (χ4v) is 2.79. The third-order valence-corrected chi connectivity index (χ3v) is 3.65. The third kappa shape index (κ3) is 2.33. The number of fused-ring (bicyclic) bond motifs is 1. The summed E-state index contributed by atoms with van der Waals surface area (Å²) in [6.45, 7) is 5.78. The first-order valence-corrected chi connectivity index (χ1v) is 6.86. The molecule has 0 aliphatic carbocycles. The summed E-state index contributed by atoms with van der Waals surface area (Å²) in [7, 11) is 0. The molecule has 0 aliphatic rings. The highest BCUT2D eigenvalue weighted by Gasteiger charge is 2.11. The summed E-state index contributed by atoms with van der Waals surface area (Å²) in [4.78, 5) is 4.43. The van der Waals surface area contributed by atoms with Crippen molar-refractivity contribution in [1.29, 1.82) is 0 Å². The number of hydrogen-bond donors (Lipinski definition) is 0. The molecule has 7 heteroatoms. The highest BCUT2D eigenvalue weighted by molar-refractivity contribution is 7.98. The van der Waals surface area contributed by atoms with Gasteiger partial charge in [-0.1, -0.05) is 16.9 Å². The molecule has 0 fully saturated rings. The zero-order chi connectivity index (χ0) is 13.4. The maximum atomic E-state index is 5.04. The summed E-state index contributed by atoms with van der Waals surface area (Å²) in [5.41, 5.74) is 2.67. The summed E-state index contributed by atoms with van der Waals surface area (Å²) >= 11 is 1.57. The van der Waals surface area contributed by atoms with Gasteiger partial charge in [-0.3, -0.25) is 4.40 Å². The predicted octanol–water partition coefficient (Wildman–Crippen LogP) is 2.33. The van der Waals surface area contributed by atoms with Crippen LogP contribution in [0.25, 0.3) is 5.65 Å². The summed E-state index contributed by atoms with van der Waals surface area (Å²) in [5.74, 6) is 2.40. The first kappa shape index (κ1) is 12.2. The lowest BCUT2D eigenvalue weighted by Crippen LogP contribution is -1.98. The van der Waals surface area contributed by atoms with Crippen LogP contribution in [0.15, 0.2) is 21.8 Å². The van der Waals surface area contributed by atoms with Gasteiger partial charge in [0.25, 0.3) is 0 Å². The van der Waals surface area contributed by atoms with Gasteiger partial charge in [0.1, 0.15) is 11.6 Å². The second kappa shape index (κ2) is 4.65. The Hall–Kier alpha value is -1.89. The summed E-state index contributed by atoms with van der Waals surface area (Å²) in [6, 6.07) is 3.84. The van der Waals surface area contributed by atoms with Crippen molar-refractivity contribution < 1.29 is 4.52 Å². The molecule has 0 saturated heterocycles. The second-order valence-electron chi connectivity index (χ2n) is 4.34. The Morgan fingerprint density at radius 3 is 2.79 bits per heavy atom. The second-order valence-corrected chi connectivity index (χ2v) is 5.28. The lowest BCUT2D eigenvalue weighted by molar-refractivity contribution is 0.393. The van der Waals surface area contributed by atoms with Gasteiger partial charge in [0.2, 0.25) is 0 Å². The van der Waals surface area contributed by atoms with E-state index in [1.165, 1.54) is 0 Å². The standard InChI is InChI=1S/C12H13N5OS/c1-7-4-11-14-15-12(17(11)9(3)13-7)19-6-10-5-8(2)18-16-10/h4-5H,6H2,1-3H3. The van der Waals surface area contributed by atoms with Crippen LogP contribution in [0.4, 0.5) is 0 Å². The van der Waals surface area contributed by atoms with Gasteiger partial charge in [-0.2, -0.15) is 0 Å². The highest BCUT2D eigenvalue weighted by Crippen LogP contribution is 2.22. The maximum absolute atomic E-state index is 5.04. The van der Waals surface area contributed by atoms with Gasteiger partial charge in [-0.25, -0.2) is 4.98 Å². The van der Waals surface area contributed by atoms with Crippen molar-refractivity contribution >= 4 is 17.4 Å². The lowest BCUT2D eigenvalue weighted by atomic mass is 10.4. The molecule has 0 bridgehead atoms. The van der Waals surface area contributed by atoms with Crippen LogP contribution in [-0.2, 0) is 5.75 Å². The van der Waals surface area contributed by atoms with Gasteiger partial charge in [0.05, 0.1) is 5.69 Å². The zero-order valence-corrected chi connectivity index (χ0v) is 11.7. The topological polar surface area (TPSA) is 69.1 Å². The molecule has 0 aliphatic heterocycles. The van der Waals surface area contributed by atoms with E-state index in [4.69, 9.17) is 4.52 Å². The van der Waals surface area contributed by atoms with Crippen molar-refractivity contribution in [3.05, 3.63) is 35.1 Å². The zero-order valence-electron chi connectivity index (χ0n) is 10.9. The van der Waals surface area contributed by atoms with Crippen molar-refractivity contribution in [1.82, 2.24) is 24.7 Å². The quantitative estimate of drug-likeness (QED) is 0.683. The molecule has 19 heavy (non-hydrogen) atoms. The Kier molecular flexibility index (Phi) is 2.98. The van der Waals surface area contributed by atoms with E-state index < -0.39 is 0 Å². The SMILES string of the molecule is Cc1cc2nnc(SCc3cc(C)on3)n2c(C)n1. The van der Waals surface area contributed by atoms with Crippen molar-refractivity contribution in [2.75, 3.05) is 0 Å². The van der Waals surface area contributed by atoms with Gasteiger partial charge in [0.15, 0.2) is 10.8 Å². The molecular formula is C12H13N5OS. The molecule has 0 amide bonds. The average molecular weight is 275 g/mol. The van der Waals surface area contributed by atoms with Crippen LogP contribution in [0.2, 0.25) is 0 Å². The lowest BCUT2D eigenvalue weighted by Gasteiger charge is -2.02. The van der Waals surface area contributed by atoms with Crippen molar-refractivity contribution in [2.24, 2.45) is 0 Å². The van der Waals surface area contributed by atoms with Crippen LogP contribution in [0.3, 0.4) is 0 Å². The van der Waals surface area contributed by atoms with Gasteiger partial charge < -0.3 is 4.52 Å². The number of aromatic nitrogens is 5. The smallest absolute Gasteiger partial charge is 0.197 e. The molecule has 0 atom stereocenters. The molecule has 0 radical (unpaired) electrons. The number of nitrogens with zero attached hydrogens (tertiary/aromatic N) is 5. The van der Waals surface area contributed by atoms with Crippen molar-refractivity contribution in [3.8, 4) is 0 Å². The Morgan fingerprint density at radius 2 is 2.05 bits per heavy atom. The number of aryl methyl sites for hydroxylation is 3. The first-order chi connectivity index (χ1) is 9.13. The monoisotopic (exact) mass is 275 g/mol. The number of rotatable bonds is 3. The molecule has 3 rings (SSSR count). The summed E-state index contributed by atoms with van der Waals surface area (Å²) in [6.07, 6.45) is 0. The van der Waals surface area contributed by atoms with Crippen LogP contribution >= 0.6 is 11.8 Å². The molecule has 0 unspecified atom stereocenters. The Morgan fingerprint density at radius 1 is 1.21 bits per heavy atom. The Bertz CT molecular complexity index is 733. The van der Waals surface area contributed by atoms with Crippen LogP contribution in [0, 0.1) is 20.8 Å². The molecule has 6 nitrogen and oxygen atoms in total. The van der Waals surface area contributed by atoms with E-state index >= 15 is 0 Å². The van der Waals surface area contributed by atoms with Crippen molar-refractivity contribution in [2.45, 2.75) is 31.7 Å². The van der Waals surface area contributed by atoms with Gasteiger partial charge in [-0.05, 0) is 20.8 Å². The van der Waals surface area contributed by atoms with Crippen LogP contribution in [0.5, 0.6) is 0 Å². The minimum absolute atomic E-state index is 0.700. The van der Waals surface area contributed by atoms with E-state index in [0.29, 0.717) is 5.75 Å². The number of thioether (sulfide) groups is 1. The Balaban J connectivity index is 1.89. The van der Waals surface area contributed by atoms with E-state index in [1.54, 1.807) is 11.8 Å². The molecule has 0 spiro atoms. The van der Waals surface area contributed by atoms with Crippen LogP contribution in [-0.4, -0.2) is 24.7 Å². The van der Waals surface area contributed by atoms with E-state index in [0.717, 1.165) is 33.8 Å². The number of hydrogen-bond acceptors (Lipinski definition) is 6. The van der Waals surface area contributed by atoms with Crippen LogP contribution < -0.4 is 0 Å². The van der Waals surface area contributed by atoms with E-state index in [9.17, 15) is 0 Å². The highest BCUT2D eigenvalue weighted by atomic mass is 32.2. The normalized spacial score (nSPS) is 11.3. The van der Waals surface area contributed by atoms with E-state index in [-0.39, 0.29) is 0 Å². The third-order valence-electron chi connectivity index (χ3n) is 2.68. The largest absolute Gasteiger partial charge is 0.361 e. The van der Waals surface area contributed by atoms with Gasteiger partial charge >= 0.3 is 0 Å². The van der Waals surface area contributed by atoms with Gasteiger partial charge in [-0.15, -0.1) is 10.2 Å². The Labute approximate surface area is 114 Å². The molecule has 0 aromatic carbocycles. The van der Waals surface area contributed by atoms with Gasteiger partial charge in [0, 0.05) is 23.6 Å². The molecule has 3 aromatic heterocycles. The molecule has 3 aromatic rings. The summed E-state index contributed by atoms with van der Waals surface area (Å²) in [5, 5.41) is 13.1. The molecular weight excluding hydrogens is 262 g/mol. The predicted molar refractivity (Wildman–Crippen MR) is 71.1 cm³/mol. The van der Waals surface area contributed by atoms with E-state index in [2.05, 4.69) is 20.3 Å². The fourth-order valence-electron chi connectivity index (χ4n) is 1.92. The fraction of sp³-hybridized carbons (Fsp3) is 0.333. The molecule has 0 saturated carbocycles.